The van der Waals surface area contributed by atoms with E-state index >= 15 is 0 Å². The molecule has 1 N–H and O–H groups in total. The molecule has 3 nitrogen and oxygen atoms in total. The van der Waals surface area contributed by atoms with Crippen molar-refractivity contribution in [2.75, 3.05) is 0 Å². The maximum atomic E-state index is 10.4. The van der Waals surface area contributed by atoms with E-state index in [1.54, 1.807) is 0 Å². The molecule has 0 saturated carbocycles. The van der Waals surface area contributed by atoms with Crippen molar-refractivity contribution in [2.24, 2.45) is 17.8 Å². The summed E-state index contributed by atoms with van der Waals surface area (Å²) in [6.45, 7) is 11.5. The Morgan fingerprint density at radius 1 is 0.676 bits per heavy atom. The van der Waals surface area contributed by atoms with Crippen LogP contribution in [0.2, 0.25) is 0 Å². The van der Waals surface area contributed by atoms with Crippen LogP contribution in [0, 0.1) is 17.8 Å². The average molecular weight is 495 g/mol. The van der Waals surface area contributed by atoms with Gasteiger partial charge in [-0.25, -0.2) is 0 Å². The molecule has 0 heterocycles. The van der Waals surface area contributed by atoms with Gasteiger partial charge >= 0.3 is 8.60 Å². The fourth-order valence-electron chi connectivity index (χ4n) is 4.58. The Morgan fingerprint density at radius 2 is 1.24 bits per heavy atom. The predicted molar refractivity (Wildman–Crippen MR) is 149 cm³/mol. The lowest BCUT2D eigenvalue weighted by atomic mass is 9.88. The molecular formula is C30H55O3P. The largest absolute Gasteiger partial charge is 0.427 e. The van der Waals surface area contributed by atoms with Crippen LogP contribution < -0.4 is 4.52 Å². The van der Waals surface area contributed by atoms with Gasteiger partial charge in [-0.1, -0.05) is 130 Å². The third-order valence-electron chi connectivity index (χ3n) is 6.73. The summed E-state index contributed by atoms with van der Waals surface area (Å²) in [6, 6.07) is 9.51. The maximum Gasteiger partial charge on any atom is 0.394 e. The van der Waals surface area contributed by atoms with Gasteiger partial charge in [0.2, 0.25) is 0 Å². The first kappa shape index (κ1) is 31.4. The Kier molecular flexibility index (Phi) is 19.0. The lowest BCUT2D eigenvalue weighted by Crippen LogP contribution is -2.14. The summed E-state index contributed by atoms with van der Waals surface area (Å²) in [7, 11) is -1.89. The van der Waals surface area contributed by atoms with Crippen LogP contribution in [0.3, 0.4) is 0 Å². The molecule has 0 bridgehead atoms. The van der Waals surface area contributed by atoms with Crippen molar-refractivity contribution in [3.8, 4) is 5.75 Å². The van der Waals surface area contributed by atoms with E-state index in [1.807, 2.05) is 30.3 Å². The maximum absolute atomic E-state index is 10.4. The molecule has 0 aliphatic rings. The number of benzene rings is 1. The van der Waals surface area contributed by atoms with Gasteiger partial charge in [-0.2, -0.15) is 0 Å². The van der Waals surface area contributed by atoms with Crippen molar-refractivity contribution in [1.29, 1.82) is 0 Å². The van der Waals surface area contributed by atoms with Gasteiger partial charge in [-0.15, -0.1) is 0 Å². The molecule has 0 aliphatic heterocycles. The fourth-order valence-corrected chi connectivity index (χ4v) is 5.39. The first-order valence-corrected chi connectivity index (χ1v) is 15.4. The Morgan fingerprint density at radius 3 is 1.76 bits per heavy atom. The highest BCUT2D eigenvalue weighted by Gasteiger charge is 2.20. The van der Waals surface area contributed by atoms with Crippen LogP contribution >= 0.6 is 8.60 Å². The number of para-hydroxylation sites is 1. The van der Waals surface area contributed by atoms with Crippen LogP contribution in [0.4, 0.5) is 0 Å². The molecule has 0 aliphatic carbocycles. The minimum atomic E-state index is -1.89. The molecule has 0 saturated heterocycles. The van der Waals surface area contributed by atoms with E-state index in [4.69, 9.17) is 9.05 Å². The van der Waals surface area contributed by atoms with Crippen LogP contribution in [0.5, 0.6) is 5.75 Å². The van der Waals surface area contributed by atoms with Gasteiger partial charge in [0.15, 0.2) is 0 Å². The lowest BCUT2D eigenvalue weighted by molar-refractivity contribution is 0.144. The van der Waals surface area contributed by atoms with Crippen molar-refractivity contribution in [3.63, 3.8) is 0 Å². The Balaban J connectivity index is 2.52. The third kappa shape index (κ3) is 17.8. The Labute approximate surface area is 213 Å². The highest BCUT2D eigenvalue weighted by Crippen LogP contribution is 2.38. The van der Waals surface area contributed by atoms with E-state index in [0.29, 0.717) is 5.75 Å². The monoisotopic (exact) mass is 494 g/mol. The van der Waals surface area contributed by atoms with E-state index in [9.17, 15) is 4.89 Å². The average Bonchev–Trinajstić information content (AvgIpc) is 2.79. The summed E-state index contributed by atoms with van der Waals surface area (Å²) in [5, 5.41) is 0. The first-order valence-electron chi connectivity index (χ1n) is 14.3. The summed E-state index contributed by atoms with van der Waals surface area (Å²) in [4.78, 5) is 10.4. The molecule has 1 aromatic carbocycles. The second-order valence-corrected chi connectivity index (χ2v) is 11.9. The van der Waals surface area contributed by atoms with Gasteiger partial charge in [0, 0.05) is 0 Å². The molecular weight excluding hydrogens is 439 g/mol. The zero-order valence-electron chi connectivity index (χ0n) is 23.0. The molecule has 34 heavy (non-hydrogen) atoms. The van der Waals surface area contributed by atoms with Gasteiger partial charge in [-0.3, -0.25) is 4.52 Å². The molecule has 0 fully saturated rings. The van der Waals surface area contributed by atoms with E-state index in [2.05, 4.69) is 34.6 Å². The molecule has 1 aromatic rings. The third-order valence-corrected chi connectivity index (χ3v) is 7.58. The number of rotatable bonds is 22. The van der Waals surface area contributed by atoms with Crippen molar-refractivity contribution in [2.45, 2.75) is 137 Å². The first-order chi connectivity index (χ1) is 16.4. The molecule has 4 heteroatoms. The molecule has 0 radical (unpaired) electrons. The number of hydrogen-bond acceptors (Lipinski definition) is 3. The summed E-state index contributed by atoms with van der Waals surface area (Å²) >= 11 is 0. The minimum absolute atomic E-state index is 0.0872. The van der Waals surface area contributed by atoms with Crippen molar-refractivity contribution in [1.82, 2.24) is 0 Å². The standard InChI is InChI=1S/C30H55O3P/c1-6-7-21-30(33-34(31)32-29-22-15-10-16-23-29)25-24-28(19-13-8-11-17-26(2)3)20-14-9-12-18-27(4)5/h10,15-16,22-23,26-28,30-31H,6-9,11-14,17-21,24-25H2,1-5H3. The van der Waals surface area contributed by atoms with Gasteiger partial charge in [0.1, 0.15) is 5.75 Å². The molecule has 0 spiro atoms. The zero-order valence-corrected chi connectivity index (χ0v) is 23.9. The smallest absolute Gasteiger partial charge is 0.394 e. The molecule has 2 unspecified atom stereocenters. The number of hydrogen-bond donors (Lipinski definition) is 1. The highest BCUT2D eigenvalue weighted by atomic mass is 31.2. The van der Waals surface area contributed by atoms with Gasteiger partial charge in [0.05, 0.1) is 6.10 Å². The number of unbranched alkanes of at least 4 members (excludes halogenated alkanes) is 5. The van der Waals surface area contributed by atoms with Crippen LogP contribution in [0.25, 0.3) is 0 Å². The second kappa shape index (κ2) is 20.6. The molecule has 0 amide bonds. The SMILES string of the molecule is CCCCC(CCC(CCCCCC(C)C)CCCCCC(C)C)OP(O)Oc1ccccc1. The highest BCUT2D eigenvalue weighted by molar-refractivity contribution is 7.41. The van der Waals surface area contributed by atoms with Crippen molar-refractivity contribution in [3.05, 3.63) is 30.3 Å². The van der Waals surface area contributed by atoms with Gasteiger partial charge in [0.25, 0.3) is 0 Å². The molecule has 198 valence electrons. The van der Waals surface area contributed by atoms with Crippen LogP contribution in [0.15, 0.2) is 30.3 Å². The van der Waals surface area contributed by atoms with E-state index in [-0.39, 0.29) is 6.10 Å². The van der Waals surface area contributed by atoms with Crippen LogP contribution in [-0.2, 0) is 4.52 Å². The minimum Gasteiger partial charge on any atom is -0.427 e. The lowest BCUT2D eigenvalue weighted by Gasteiger charge is -2.23. The van der Waals surface area contributed by atoms with E-state index < -0.39 is 8.60 Å². The van der Waals surface area contributed by atoms with Crippen LogP contribution in [-0.4, -0.2) is 11.0 Å². The predicted octanol–water partition coefficient (Wildman–Crippen LogP) is 10.5. The normalized spacial score (nSPS) is 13.7. The summed E-state index contributed by atoms with van der Waals surface area (Å²) < 4.78 is 11.7. The fraction of sp³-hybridized carbons (Fsp3) is 0.800. The van der Waals surface area contributed by atoms with Crippen molar-refractivity contribution < 1.29 is 13.9 Å². The topological polar surface area (TPSA) is 38.7 Å². The van der Waals surface area contributed by atoms with Crippen molar-refractivity contribution >= 4 is 8.60 Å². The summed E-state index contributed by atoms with van der Waals surface area (Å²) in [5.41, 5.74) is 0. The Bertz CT molecular complexity index is 545. The zero-order chi connectivity index (χ0) is 25.0. The Hall–Kier alpha value is -0.630. The molecule has 2 atom stereocenters. The van der Waals surface area contributed by atoms with Gasteiger partial charge in [-0.05, 0) is 49.1 Å². The summed E-state index contributed by atoms with van der Waals surface area (Å²) in [6.07, 6.45) is 19.2. The molecule has 1 rings (SSSR count). The van der Waals surface area contributed by atoms with Gasteiger partial charge < -0.3 is 9.42 Å². The quantitative estimate of drug-likeness (QED) is 0.129. The molecule has 0 aromatic heterocycles. The summed E-state index contributed by atoms with van der Waals surface area (Å²) in [5.74, 6) is 3.09. The van der Waals surface area contributed by atoms with E-state index in [0.717, 1.165) is 43.4 Å². The second-order valence-electron chi connectivity index (χ2n) is 11.0. The van der Waals surface area contributed by atoms with Crippen LogP contribution in [0.1, 0.15) is 131 Å². The van der Waals surface area contributed by atoms with E-state index in [1.165, 1.54) is 70.6 Å².